The highest BCUT2D eigenvalue weighted by Crippen LogP contribution is 2.33. The fraction of sp³-hybridized carbons (Fsp3) is 1.00. The van der Waals surface area contributed by atoms with Crippen LogP contribution >= 0.6 is 0 Å². The molecular weight excluding hydrogens is 188 g/mol. The van der Waals surface area contributed by atoms with Crippen molar-refractivity contribution in [2.45, 2.75) is 32.9 Å². The second kappa shape index (κ2) is 3.72. The highest BCUT2D eigenvalue weighted by molar-refractivity contribution is 4.93. The summed E-state index contributed by atoms with van der Waals surface area (Å²) in [6.07, 6.45) is 1.25. The maximum atomic E-state index is 6.08. The third-order valence-electron chi connectivity index (χ3n) is 3.85. The summed E-state index contributed by atoms with van der Waals surface area (Å²) < 4.78 is 6.08. The van der Waals surface area contributed by atoms with Crippen molar-refractivity contribution in [3.05, 3.63) is 0 Å². The quantitative estimate of drug-likeness (QED) is 0.709. The van der Waals surface area contributed by atoms with E-state index in [0.717, 1.165) is 19.7 Å². The normalized spacial score (nSPS) is 42.0. The predicted octanol–water partition coefficient (Wildman–Crippen LogP) is 1.30. The standard InChI is InChI=1S/C12H24N2O/c1-11(2)8-13-12(3,15-9-11)10-5-6-14(4)7-10/h10,13H,5-9H2,1-4H3. The fourth-order valence-corrected chi connectivity index (χ4v) is 2.51. The molecule has 0 aliphatic carbocycles. The van der Waals surface area contributed by atoms with E-state index in [9.17, 15) is 0 Å². The molecule has 0 amide bonds. The number of nitrogens with one attached hydrogen (secondary N) is 1. The van der Waals surface area contributed by atoms with E-state index in [1.807, 2.05) is 0 Å². The smallest absolute Gasteiger partial charge is 0.120 e. The van der Waals surface area contributed by atoms with Gasteiger partial charge in [0.05, 0.1) is 6.61 Å². The molecule has 3 nitrogen and oxygen atoms in total. The van der Waals surface area contributed by atoms with Crippen LogP contribution in [-0.4, -0.2) is 43.9 Å². The summed E-state index contributed by atoms with van der Waals surface area (Å²) in [6.45, 7) is 11.0. The Hall–Kier alpha value is -0.120. The molecule has 2 atom stereocenters. The van der Waals surface area contributed by atoms with Gasteiger partial charge in [-0.1, -0.05) is 13.8 Å². The summed E-state index contributed by atoms with van der Waals surface area (Å²) >= 11 is 0. The molecule has 0 aromatic heterocycles. The van der Waals surface area contributed by atoms with Crippen LogP contribution in [0.15, 0.2) is 0 Å². The van der Waals surface area contributed by atoms with E-state index < -0.39 is 0 Å². The molecule has 88 valence electrons. The molecule has 3 heteroatoms. The first-order chi connectivity index (χ1) is 6.91. The Labute approximate surface area is 93.2 Å². The van der Waals surface area contributed by atoms with Crippen LogP contribution in [0.5, 0.6) is 0 Å². The predicted molar refractivity (Wildman–Crippen MR) is 61.7 cm³/mol. The van der Waals surface area contributed by atoms with E-state index >= 15 is 0 Å². The van der Waals surface area contributed by atoms with Gasteiger partial charge in [-0.15, -0.1) is 0 Å². The summed E-state index contributed by atoms with van der Waals surface area (Å²) in [5.41, 5.74) is 0.185. The summed E-state index contributed by atoms with van der Waals surface area (Å²) in [5, 5.41) is 3.60. The van der Waals surface area contributed by atoms with Gasteiger partial charge in [-0.05, 0) is 26.9 Å². The largest absolute Gasteiger partial charge is 0.360 e. The van der Waals surface area contributed by atoms with Crippen molar-refractivity contribution in [1.29, 1.82) is 0 Å². The lowest BCUT2D eigenvalue weighted by atomic mass is 9.88. The van der Waals surface area contributed by atoms with Crippen molar-refractivity contribution in [2.75, 3.05) is 33.3 Å². The Morgan fingerprint density at radius 1 is 1.33 bits per heavy atom. The molecule has 0 spiro atoms. The first kappa shape index (κ1) is 11.4. The molecule has 0 aromatic carbocycles. The highest BCUT2D eigenvalue weighted by Gasteiger charge is 2.43. The highest BCUT2D eigenvalue weighted by atomic mass is 16.5. The number of hydrogen-bond donors (Lipinski definition) is 1. The van der Waals surface area contributed by atoms with Crippen molar-refractivity contribution in [3.63, 3.8) is 0 Å². The zero-order valence-corrected chi connectivity index (χ0v) is 10.5. The number of hydrogen-bond acceptors (Lipinski definition) is 3. The monoisotopic (exact) mass is 212 g/mol. The van der Waals surface area contributed by atoms with Crippen molar-refractivity contribution < 1.29 is 4.74 Å². The molecule has 2 saturated heterocycles. The zero-order chi connectivity index (χ0) is 11.1. The van der Waals surface area contributed by atoms with E-state index in [4.69, 9.17) is 4.74 Å². The summed E-state index contributed by atoms with van der Waals surface area (Å²) in [6, 6.07) is 0. The third-order valence-corrected chi connectivity index (χ3v) is 3.85. The van der Waals surface area contributed by atoms with Crippen LogP contribution in [0.2, 0.25) is 0 Å². The average Bonchev–Trinajstić information content (AvgIpc) is 2.59. The molecule has 2 heterocycles. The van der Waals surface area contributed by atoms with Crippen molar-refractivity contribution in [3.8, 4) is 0 Å². The first-order valence-electron chi connectivity index (χ1n) is 5.99. The van der Waals surface area contributed by atoms with E-state index in [0.29, 0.717) is 5.92 Å². The Morgan fingerprint density at radius 3 is 2.53 bits per heavy atom. The van der Waals surface area contributed by atoms with Crippen LogP contribution in [0.1, 0.15) is 27.2 Å². The molecule has 0 saturated carbocycles. The Balaban J connectivity index is 1.97. The van der Waals surface area contributed by atoms with Gasteiger partial charge in [-0.2, -0.15) is 0 Å². The number of ether oxygens (including phenoxy) is 1. The summed E-state index contributed by atoms with van der Waals surface area (Å²) in [7, 11) is 2.19. The molecule has 0 bridgehead atoms. The van der Waals surface area contributed by atoms with Crippen LogP contribution < -0.4 is 5.32 Å². The van der Waals surface area contributed by atoms with Gasteiger partial charge < -0.3 is 9.64 Å². The maximum Gasteiger partial charge on any atom is 0.120 e. The van der Waals surface area contributed by atoms with E-state index in [2.05, 4.69) is 38.0 Å². The second-order valence-electron chi connectivity index (χ2n) is 6.16. The number of nitrogens with zero attached hydrogens (tertiary/aromatic N) is 1. The third kappa shape index (κ3) is 2.35. The summed E-state index contributed by atoms with van der Waals surface area (Å²) in [5.74, 6) is 0.638. The summed E-state index contributed by atoms with van der Waals surface area (Å²) in [4.78, 5) is 2.39. The lowest BCUT2D eigenvalue weighted by Crippen LogP contribution is -2.60. The molecule has 2 fully saturated rings. The van der Waals surface area contributed by atoms with Crippen molar-refractivity contribution in [1.82, 2.24) is 10.2 Å². The van der Waals surface area contributed by atoms with E-state index in [1.54, 1.807) is 0 Å². The molecule has 2 aliphatic rings. The van der Waals surface area contributed by atoms with Gasteiger partial charge in [-0.3, -0.25) is 5.32 Å². The molecular formula is C12H24N2O. The fourth-order valence-electron chi connectivity index (χ4n) is 2.51. The Bertz CT molecular complexity index is 230. The Morgan fingerprint density at radius 2 is 2.07 bits per heavy atom. The van der Waals surface area contributed by atoms with Gasteiger partial charge >= 0.3 is 0 Å². The van der Waals surface area contributed by atoms with Crippen LogP contribution in [0.25, 0.3) is 0 Å². The molecule has 0 radical (unpaired) electrons. The van der Waals surface area contributed by atoms with Crippen molar-refractivity contribution >= 4 is 0 Å². The first-order valence-corrected chi connectivity index (χ1v) is 5.99. The van der Waals surface area contributed by atoms with Gasteiger partial charge in [-0.25, -0.2) is 0 Å². The lowest BCUT2D eigenvalue weighted by Gasteiger charge is -2.45. The van der Waals surface area contributed by atoms with E-state index in [-0.39, 0.29) is 11.1 Å². The molecule has 0 aromatic rings. The molecule has 1 N–H and O–H groups in total. The molecule has 15 heavy (non-hydrogen) atoms. The molecule has 2 aliphatic heterocycles. The molecule has 2 unspecified atom stereocenters. The zero-order valence-electron chi connectivity index (χ0n) is 10.5. The SMILES string of the molecule is CN1CCC(C2(C)NCC(C)(C)CO2)C1. The van der Waals surface area contributed by atoms with Crippen molar-refractivity contribution in [2.24, 2.45) is 11.3 Å². The van der Waals surface area contributed by atoms with Crippen LogP contribution in [-0.2, 0) is 4.74 Å². The minimum atomic E-state index is -0.0969. The topological polar surface area (TPSA) is 24.5 Å². The minimum Gasteiger partial charge on any atom is -0.360 e. The van der Waals surface area contributed by atoms with E-state index in [1.165, 1.54) is 13.0 Å². The minimum absolute atomic E-state index is 0.0969. The second-order valence-corrected chi connectivity index (χ2v) is 6.16. The van der Waals surface area contributed by atoms with Crippen LogP contribution in [0, 0.1) is 11.3 Å². The molecule has 2 rings (SSSR count). The Kier molecular flexibility index (Phi) is 2.82. The van der Waals surface area contributed by atoms with Gasteiger partial charge in [0, 0.05) is 24.4 Å². The van der Waals surface area contributed by atoms with Crippen LogP contribution in [0.4, 0.5) is 0 Å². The van der Waals surface area contributed by atoms with Gasteiger partial charge in [0.1, 0.15) is 5.72 Å². The maximum absolute atomic E-state index is 6.08. The lowest BCUT2D eigenvalue weighted by molar-refractivity contribution is -0.154. The number of rotatable bonds is 1. The van der Waals surface area contributed by atoms with Crippen LogP contribution in [0.3, 0.4) is 0 Å². The van der Waals surface area contributed by atoms with Gasteiger partial charge in [0.15, 0.2) is 0 Å². The number of likely N-dealkylation sites (tertiary alicyclic amines) is 1. The average molecular weight is 212 g/mol. The van der Waals surface area contributed by atoms with Gasteiger partial charge in [0.2, 0.25) is 0 Å². The van der Waals surface area contributed by atoms with Gasteiger partial charge in [0.25, 0.3) is 0 Å².